The Hall–Kier alpha value is -2.10. The summed E-state index contributed by atoms with van der Waals surface area (Å²) in [5.41, 5.74) is 7.91. The Bertz CT molecular complexity index is 649. The van der Waals surface area contributed by atoms with Crippen molar-refractivity contribution in [3.05, 3.63) is 36.0 Å². The predicted molar refractivity (Wildman–Crippen MR) is 80.5 cm³/mol. The third-order valence-electron chi connectivity index (χ3n) is 3.68. The van der Waals surface area contributed by atoms with Gasteiger partial charge in [-0.05, 0) is 31.4 Å². The molecule has 1 saturated carbocycles. The first-order valence-corrected chi connectivity index (χ1v) is 7.17. The van der Waals surface area contributed by atoms with Crippen LogP contribution >= 0.6 is 0 Å². The van der Waals surface area contributed by atoms with Crippen LogP contribution in [0.1, 0.15) is 36.7 Å². The molecule has 0 bridgehead atoms. The first-order chi connectivity index (χ1) is 9.70. The largest absolute Gasteiger partial charge is 0.398 e. The number of pyridine rings is 1. The van der Waals surface area contributed by atoms with E-state index in [0.29, 0.717) is 17.4 Å². The van der Waals surface area contributed by atoms with Gasteiger partial charge in [0.1, 0.15) is 5.69 Å². The minimum absolute atomic E-state index is 0.00630. The zero-order chi connectivity index (χ0) is 14.1. The molecule has 1 fully saturated rings. The SMILES string of the molecule is CCCN(C(=O)c1cc(N)c2ccccc2n1)C1CC1. The number of rotatable bonds is 4. The Kier molecular flexibility index (Phi) is 3.30. The van der Waals surface area contributed by atoms with Crippen LogP contribution in [0.4, 0.5) is 5.69 Å². The Morgan fingerprint density at radius 1 is 1.40 bits per heavy atom. The molecule has 0 atom stereocenters. The third-order valence-corrected chi connectivity index (χ3v) is 3.68. The number of amides is 1. The zero-order valence-electron chi connectivity index (χ0n) is 11.7. The molecule has 1 aromatic carbocycles. The van der Waals surface area contributed by atoms with Gasteiger partial charge in [-0.2, -0.15) is 0 Å². The Labute approximate surface area is 118 Å². The van der Waals surface area contributed by atoms with Crippen LogP contribution in [-0.4, -0.2) is 28.4 Å². The molecular formula is C16H19N3O. The maximum Gasteiger partial charge on any atom is 0.272 e. The molecule has 1 amide bonds. The standard InChI is InChI=1S/C16H19N3O/c1-2-9-19(11-7-8-11)16(20)15-10-13(17)12-5-3-4-6-14(12)18-15/h3-6,10-11H,2,7-9H2,1H3,(H2,17,18). The van der Waals surface area contributed by atoms with Gasteiger partial charge in [-0.25, -0.2) is 4.98 Å². The molecule has 4 heteroatoms. The Morgan fingerprint density at radius 2 is 2.15 bits per heavy atom. The van der Waals surface area contributed by atoms with Gasteiger partial charge < -0.3 is 10.6 Å². The van der Waals surface area contributed by atoms with E-state index in [0.717, 1.165) is 36.7 Å². The molecule has 0 spiro atoms. The van der Waals surface area contributed by atoms with Crippen LogP contribution in [0.3, 0.4) is 0 Å². The van der Waals surface area contributed by atoms with Crippen LogP contribution in [0.2, 0.25) is 0 Å². The fourth-order valence-electron chi connectivity index (χ4n) is 2.54. The monoisotopic (exact) mass is 269 g/mol. The topological polar surface area (TPSA) is 59.2 Å². The average Bonchev–Trinajstić information content (AvgIpc) is 3.28. The van der Waals surface area contributed by atoms with Gasteiger partial charge in [0.25, 0.3) is 5.91 Å². The van der Waals surface area contributed by atoms with E-state index in [1.165, 1.54) is 0 Å². The molecule has 0 radical (unpaired) electrons. The molecule has 20 heavy (non-hydrogen) atoms. The zero-order valence-corrected chi connectivity index (χ0v) is 11.7. The lowest BCUT2D eigenvalue weighted by Gasteiger charge is -2.21. The number of carbonyl (C=O) groups is 1. The molecule has 104 valence electrons. The van der Waals surface area contributed by atoms with Crippen LogP contribution in [0.25, 0.3) is 10.9 Å². The molecule has 1 heterocycles. The van der Waals surface area contributed by atoms with E-state index < -0.39 is 0 Å². The molecule has 1 aromatic heterocycles. The maximum absolute atomic E-state index is 12.6. The van der Waals surface area contributed by atoms with Crippen LogP contribution in [0, 0.1) is 0 Å². The van der Waals surface area contributed by atoms with Crippen molar-refractivity contribution in [3.8, 4) is 0 Å². The molecule has 1 aliphatic carbocycles. The summed E-state index contributed by atoms with van der Waals surface area (Å²) in [5, 5.41) is 0.900. The van der Waals surface area contributed by atoms with Crippen molar-refractivity contribution < 1.29 is 4.79 Å². The van der Waals surface area contributed by atoms with Crippen molar-refractivity contribution in [2.24, 2.45) is 0 Å². The number of aromatic nitrogens is 1. The molecule has 3 rings (SSSR count). The summed E-state index contributed by atoms with van der Waals surface area (Å²) in [5.74, 6) is 0.00630. The molecule has 4 nitrogen and oxygen atoms in total. The number of nitrogen functional groups attached to an aromatic ring is 1. The number of nitrogens with zero attached hydrogens (tertiary/aromatic N) is 2. The molecule has 1 aliphatic rings. The second kappa shape index (κ2) is 5.12. The second-order valence-electron chi connectivity index (χ2n) is 5.34. The average molecular weight is 269 g/mol. The molecule has 0 aliphatic heterocycles. The fourth-order valence-corrected chi connectivity index (χ4v) is 2.54. The quantitative estimate of drug-likeness (QED) is 0.928. The van der Waals surface area contributed by atoms with Gasteiger partial charge in [-0.15, -0.1) is 0 Å². The molecular weight excluding hydrogens is 250 g/mol. The van der Waals surface area contributed by atoms with Gasteiger partial charge in [0.05, 0.1) is 5.52 Å². The van der Waals surface area contributed by atoms with Crippen LogP contribution in [0.5, 0.6) is 0 Å². The van der Waals surface area contributed by atoms with Gasteiger partial charge in [-0.3, -0.25) is 4.79 Å². The highest BCUT2D eigenvalue weighted by molar-refractivity contribution is 5.99. The summed E-state index contributed by atoms with van der Waals surface area (Å²) < 4.78 is 0. The number of hydrogen-bond donors (Lipinski definition) is 1. The minimum atomic E-state index is 0.00630. The van der Waals surface area contributed by atoms with E-state index in [4.69, 9.17) is 5.73 Å². The summed E-state index contributed by atoms with van der Waals surface area (Å²) in [6.07, 6.45) is 3.18. The first kappa shape index (κ1) is 12.9. The normalized spacial score (nSPS) is 14.4. The van der Waals surface area contributed by atoms with Gasteiger partial charge in [0.15, 0.2) is 0 Å². The van der Waals surface area contributed by atoms with Crippen molar-refractivity contribution in [1.82, 2.24) is 9.88 Å². The number of para-hydroxylation sites is 1. The van der Waals surface area contributed by atoms with E-state index in [1.807, 2.05) is 29.2 Å². The van der Waals surface area contributed by atoms with Gasteiger partial charge in [0, 0.05) is 23.7 Å². The van der Waals surface area contributed by atoms with Crippen LogP contribution in [-0.2, 0) is 0 Å². The minimum Gasteiger partial charge on any atom is -0.398 e. The van der Waals surface area contributed by atoms with Gasteiger partial charge in [-0.1, -0.05) is 25.1 Å². The second-order valence-corrected chi connectivity index (χ2v) is 5.34. The number of carbonyl (C=O) groups excluding carboxylic acids is 1. The Balaban J connectivity index is 1.98. The van der Waals surface area contributed by atoms with E-state index in [9.17, 15) is 4.79 Å². The smallest absolute Gasteiger partial charge is 0.272 e. The van der Waals surface area contributed by atoms with E-state index >= 15 is 0 Å². The van der Waals surface area contributed by atoms with Crippen LogP contribution in [0.15, 0.2) is 30.3 Å². The molecule has 0 saturated heterocycles. The van der Waals surface area contributed by atoms with Crippen molar-refractivity contribution in [2.75, 3.05) is 12.3 Å². The van der Waals surface area contributed by atoms with Crippen molar-refractivity contribution >= 4 is 22.5 Å². The fraction of sp³-hybridized carbons (Fsp3) is 0.375. The number of anilines is 1. The number of nitrogens with two attached hydrogens (primary N) is 1. The van der Waals surface area contributed by atoms with Gasteiger partial charge >= 0.3 is 0 Å². The number of benzene rings is 1. The summed E-state index contributed by atoms with van der Waals surface area (Å²) >= 11 is 0. The summed E-state index contributed by atoms with van der Waals surface area (Å²) in [4.78, 5) is 19.0. The van der Waals surface area contributed by atoms with E-state index in [-0.39, 0.29) is 5.91 Å². The molecule has 2 aromatic rings. The highest BCUT2D eigenvalue weighted by atomic mass is 16.2. The summed E-state index contributed by atoms with van der Waals surface area (Å²) in [6, 6.07) is 9.76. The molecule has 0 unspecified atom stereocenters. The summed E-state index contributed by atoms with van der Waals surface area (Å²) in [6.45, 7) is 2.88. The number of fused-ring (bicyclic) bond motifs is 1. The van der Waals surface area contributed by atoms with Crippen molar-refractivity contribution in [2.45, 2.75) is 32.2 Å². The molecule has 2 N–H and O–H groups in total. The summed E-state index contributed by atoms with van der Waals surface area (Å²) in [7, 11) is 0. The van der Waals surface area contributed by atoms with Crippen molar-refractivity contribution in [1.29, 1.82) is 0 Å². The number of hydrogen-bond acceptors (Lipinski definition) is 3. The Morgan fingerprint density at radius 3 is 2.85 bits per heavy atom. The highest BCUT2D eigenvalue weighted by Gasteiger charge is 2.33. The lowest BCUT2D eigenvalue weighted by Crippen LogP contribution is -2.34. The highest BCUT2D eigenvalue weighted by Crippen LogP contribution is 2.29. The maximum atomic E-state index is 12.6. The van der Waals surface area contributed by atoms with Gasteiger partial charge in [0.2, 0.25) is 0 Å². The first-order valence-electron chi connectivity index (χ1n) is 7.17. The predicted octanol–water partition coefficient (Wildman–Crippen LogP) is 2.83. The van der Waals surface area contributed by atoms with E-state index in [2.05, 4.69) is 11.9 Å². The third kappa shape index (κ3) is 2.33. The lowest BCUT2D eigenvalue weighted by atomic mass is 10.1. The van der Waals surface area contributed by atoms with E-state index in [1.54, 1.807) is 6.07 Å². The van der Waals surface area contributed by atoms with Crippen LogP contribution < -0.4 is 5.73 Å². The lowest BCUT2D eigenvalue weighted by molar-refractivity contribution is 0.0737. The van der Waals surface area contributed by atoms with Crippen molar-refractivity contribution in [3.63, 3.8) is 0 Å².